The Morgan fingerprint density at radius 3 is 1.59 bits per heavy atom. The van der Waals surface area contributed by atoms with Crippen LogP contribution in [0.4, 0.5) is 0 Å². The monoisotopic (exact) mass is 616 g/mol. The van der Waals surface area contributed by atoms with Gasteiger partial charge < -0.3 is 19.3 Å². The second-order valence-electron chi connectivity index (χ2n) is 12.6. The Bertz CT molecular complexity index is 890. The lowest BCUT2D eigenvalue weighted by Crippen LogP contribution is -2.42. The number of ether oxygens (including phenoxy) is 2. The fourth-order valence-electron chi connectivity index (χ4n) is 6.21. The Morgan fingerprint density at radius 2 is 1.11 bits per heavy atom. The van der Waals surface area contributed by atoms with Gasteiger partial charge in [0.1, 0.15) is 18.2 Å². The number of carbonyl (C=O) groups excluding carboxylic acids is 4. The SMILES string of the molecule is C=CCCCCCCCCC(=O)N1CCCC1C(=O)OCCC(C)OC(=O)C1CCCN1C(=O)CCCCCCCCC=C. The Hall–Kier alpha value is -2.64. The highest BCUT2D eigenvalue weighted by Crippen LogP contribution is 2.23. The van der Waals surface area contributed by atoms with Crippen molar-refractivity contribution < 1.29 is 28.7 Å². The smallest absolute Gasteiger partial charge is 0.329 e. The maximum Gasteiger partial charge on any atom is 0.329 e. The molecule has 8 nitrogen and oxygen atoms in total. The summed E-state index contributed by atoms with van der Waals surface area (Å²) in [5.41, 5.74) is 0. The Kier molecular flexibility index (Phi) is 19.5. The third-order valence-corrected chi connectivity index (χ3v) is 8.87. The molecular weight excluding hydrogens is 556 g/mol. The first-order valence-electron chi connectivity index (χ1n) is 17.6. The molecule has 0 aromatic carbocycles. The summed E-state index contributed by atoms with van der Waals surface area (Å²) in [6.07, 6.45) is 22.9. The van der Waals surface area contributed by atoms with Gasteiger partial charge >= 0.3 is 11.9 Å². The summed E-state index contributed by atoms with van der Waals surface area (Å²) in [4.78, 5) is 54.7. The van der Waals surface area contributed by atoms with Crippen LogP contribution in [-0.2, 0) is 28.7 Å². The summed E-state index contributed by atoms with van der Waals surface area (Å²) in [6.45, 7) is 10.6. The molecule has 2 saturated heterocycles. The van der Waals surface area contributed by atoms with E-state index in [0.29, 0.717) is 45.2 Å². The second-order valence-corrected chi connectivity index (χ2v) is 12.6. The molecule has 0 saturated carbocycles. The van der Waals surface area contributed by atoms with Crippen LogP contribution < -0.4 is 0 Å². The average molecular weight is 617 g/mol. The number of nitrogens with zero attached hydrogens (tertiary/aromatic N) is 2. The van der Waals surface area contributed by atoms with Crippen LogP contribution >= 0.6 is 0 Å². The quantitative estimate of drug-likeness (QED) is 0.0635. The van der Waals surface area contributed by atoms with E-state index in [1.54, 1.807) is 16.7 Å². The van der Waals surface area contributed by atoms with Gasteiger partial charge in [0.25, 0.3) is 0 Å². The van der Waals surface area contributed by atoms with Gasteiger partial charge in [-0.15, -0.1) is 13.2 Å². The minimum atomic E-state index is -0.526. The van der Waals surface area contributed by atoms with Gasteiger partial charge in [-0.2, -0.15) is 0 Å². The number of likely N-dealkylation sites (tertiary alicyclic amines) is 2. The minimum absolute atomic E-state index is 0.0348. The lowest BCUT2D eigenvalue weighted by atomic mass is 10.1. The number of unbranched alkanes of at least 4 members (excludes halogenated alkanes) is 12. The van der Waals surface area contributed by atoms with Crippen molar-refractivity contribution in [1.82, 2.24) is 9.80 Å². The third kappa shape index (κ3) is 14.4. The van der Waals surface area contributed by atoms with E-state index >= 15 is 0 Å². The van der Waals surface area contributed by atoms with Gasteiger partial charge in [0.2, 0.25) is 11.8 Å². The molecule has 2 aliphatic heterocycles. The molecule has 3 atom stereocenters. The van der Waals surface area contributed by atoms with Crippen molar-refractivity contribution in [2.24, 2.45) is 0 Å². The molecule has 0 radical (unpaired) electrons. The van der Waals surface area contributed by atoms with Crippen molar-refractivity contribution in [3.63, 3.8) is 0 Å². The number of rotatable bonds is 24. The highest BCUT2D eigenvalue weighted by molar-refractivity contribution is 5.86. The summed E-state index contributed by atoms with van der Waals surface area (Å²) in [5.74, 6) is -0.678. The number of esters is 2. The third-order valence-electron chi connectivity index (χ3n) is 8.87. The molecule has 2 heterocycles. The molecule has 8 heteroatoms. The van der Waals surface area contributed by atoms with Crippen LogP contribution in [0.2, 0.25) is 0 Å². The molecule has 0 aliphatic carbocycles. The van der Waals surface area contributed by atoms with Crippen LogP contribution in [0, 0.1) is 0 Å². The second kappa shape index (κ2) is 22.8. The number of amides is 2. The van der Waals surface area contributed by atoms with Crippen molar-refractivity contribution in [2.45, 2.75) is 160 Å². The highest BCUT2D eigenvalue weighted by Gasteiger charge is 2.36. The zero-order valence-electron chi connectivity index (χ0n) is 27.6. The molecule has 250 valence electrons. The zero-order chi connectivity index (χ0) is 32.0. The van der Waals surface area contributed by atoms with E-state index in [2.05, 4.69) is 13.2 Å². The molecule has 2 rings (SSSR count). The molecule has 0 aromatic rings. The number of hydrogen-bond donors (Lipinski definition) is 0. The Labute approximate surface area is 267 Å². The lowest BCUT2D eigenvalue weighted by Gasteiger charge is -2.25. The van der Waals surface area contributed by atoms with Gasteiger partial charge in [-0.25, -0.2) is 9.59 Å². The normalized spacial score (nSPS) is 18.7. The van der Waals surface area contributed by atoms with Crippen LogP contribution in [0.3, 0.4) is 0 Å². The first-order chi connectivity index (χ1) is 21.4. The van der Waals surface area contributed by atoms with Crippen LogP contribution in [0.25, 0.3) is 0 Å². The molecule has 2 fully saturated rings. The van der Waals surface area contributed by atoms with E-state index < -0.39 is 18.2 Å². The van der Waals surface area contributed by atoms with E-state index in [1.165, 1.54) is 38.5 Å². The van der Waals surface area contributed by atoms with Gasteiger partial charge in [0, 0.05) is 32.4 Å². The minimum Gasteiger partial charge on any atom is -0.464 e. The lowest BCUT2D eigenvalue weighted by molar-refractivity contribution is -0.159. The summed E-state index contributed by atoms with van der Waals surface area (Å²) >= 11 is 0. The predicted molar refractivity (Wildman–Crippen MR) is 175 cm³/mol. The predicted octanol–water partition coefficient (Wildman–Crippen LogP) is 7.45. The van der Waals surface area contributed by atoms with E-state index in [0.717, 1.165) is 64.2 Å². The van der Waals surface area contributed by atoms with E-state index in [9.17, 15) is 19.2 Å². The van der Waals surface area contributed by atoms with E-state index in [1.807, 2.05) is 12.2 Å². The van der Waals surface area contributed by atoms with Gasteiger partial charge in [-0.1, -0.05) is 63.5 Å². The Balaban J connectivity index is 1.62. The fraction of sp³-hybridized carbons (Fsp3) is 0.778. The van der Waals surface area contributed by atoms with Crippen LogP contribution in [0.15, 0.2) is 25.3 Å². The van der Waals surface area contributed by atoms with E-state index in [-0.39, 0.29) is 30.4 Å². The van der Waals surface area contributed by atoms with Gasteiger partial charge in [-0.05, 0) is 71.1 Å². The van der Waals surface area contributed by atoms with Crippen molar-refractivity contribution in [2.75, 3.05) is 19.7 Å². The van der Waals surface area contributed by atoms with Crippen molar-refractivity contribution in [3.8, 4) is 0 Å². The summed E-state index contributed by atoms with van der Waals surface area (Å²) in [5, 5.41) is 0. The molecular formula is C36H60N2O6. The largest absolute Gasteiger partial charge is 0.464 e. The van der Waals surface area contributed by atoms with Crippen LogP contribution in [0.1, 0.15) is 142 Å². The molecule has 0 N–H and O–H groups in total. The summed E-state index contributed by atoms with van der Waals surface area (Å²) < 4.78 is 11.2. The van der Waals surface area contributed by atoms with Crippen molar-refractivity contribution in [1.29, 1.82) is 0 Å². The zero-order valence-corrected chi connectivity index (χ0v) is 27.6. The van der Waals surface area contributed by atoms with Crippen molar-refractivity contribution in [3.05, 3.63) is 25.3 Å². The van der Waals surface area contributed by atoms with Gasteiger partial charge in [0.05, 0.1) is 6.61 Å². The molecule has 3 unspecified atom stereocenters. The van der Waals surface area contributed by atoms with Crippen molar-refractivity contribution >= 4 is 23.8 Å². The van der Waals surface area contributed by atoms with Gasteiger partial charge in [-0.3, -0.25) is 9.59 Å². The van der Waals surface area contributed by atoms with E-state index in [4.69, 9.17) is 9.47 Å². The molecule has 2 aliphatic rings. The maximum absolute atomic E-state index is 12.9. The van der Waals surface area contributed by atoms with Crippen LogP contribution in [-0.4, -0.2) is 71.4 Å². The summed E-state index contributed by atoms with van der Waals surface area (Å²) in [6, 6.07) is -1.05. The molecule has 0 aromatic heterocycles. The number of allylic oxidation sites excluding steroid dienone is 2. The Morgan fingerprint density at radius 1 is 0.682 bits per heavy atom. The molecule has 2 amide bonds. The summed E-state index contributed by atoms with van der Waals surface area (Å²) in [7, 11) is 0. The molecule has 0 bridgehead atoms. The highest BCUT2D eigenvalue weighted by atomic mass is 16.6. The number of hydrogen-bond acceptors (Lipinski definition) is 6. The first-order valence-corrected chi connectivity index (χ1v) is 17.6. The standard InChI is InChI=1S/C36H60N2O6/c1-4-6-8-10-12-14-16-18-24-33(39)37-27-20-22-31(37)35(41)43-29-26-30(3)44-36(42)32-23-21-28-38(32)34(40)25-19-17-15-13-11-9-7-5-2/h4-5,30-32H,1-2,6-29H2,3H3. The fourth-order valence-corrected chi connectivity index (χ4v) is 6.21. The first kappa shape index (κ1) is 37.5. The maximum atomic E-state index is 12.9. The molecule has 44 heavy (non-hydrogen) atoms. The van der Waals surface area contributed by atoms with Gasteiger partial charge in [0.15, 0.2) is 0 Å². The molecule has 0 spiro atoms. The average Bonchev–Trinajstić information content (AvgIpc) is 3.70. The topological polar surface area (TPSA) is 93.2 Å². The van der Waals surface area contributed by atoms with Crippen LogP contribution in [0.5, 0.6) is 0 Å². The number of carbonyl (C=O) groups is 4.